The van der Waals surface area contributed by atoms with Gasteiger partial charge >= 0.3 is 0 Å². The summed E-state index contributed by atoms with van der Waals surface area (Å²) in [4.78, 5) is 18.2. The van der Waals surface area contributed by atoms with Gasteiger partial charge in [-0.2, -0.15) is 0 Å². The predicted molar refractivity (Wildman–Crippen MR) is 102 cm³/mol. The zero-order valence-corrected chi connectivity index (χ0v) is 14.6. The Labute approximate surface area is 149 Å². The van der Waals surface area contributed by atoms with Gasteiger partial charge in [-0.15, -0.1) is 11.3 Å². The van der Waals surface area contributed by atoms with Crippen LogP contribution in [-0.2, 0) is 11.2 Å². The molecule has 0 aliphatic rings. The number of hydrogen-bond acceptors (Lipinski definition) is 3. The van der Waals surface area contributed by atoms with Crippen LogP contribution in [0, 0.1) is 6.92 Å². The van der Waals surface area contributed by atoms with Gasteiger partial charge in [-0.25, -0.2) is 4.98 Å². The van der Waals surface area contributed by atoms with Gasteiger partial charge in [0.25, 0.3) is 0 Å². The molecule has 0 fully saturated rings. The van der Waals surface area contributed by atoms with Crippen LogP contribution in [0.15, 0.2) is 66.2 Å². The zero-order valence-electron chi connectivity index (χ0n) is 13.8. The van der Waals surface area contributed by atoms with Crippen LogP contribution in [0.2, 0.25) is 0 Å². The minimum absolute atomic E-state index is 0.0421. The third-order valence-electron chi connectivity index (χ3n) is 4.18. The number of amides is 1. The molecule has 4 aromatic rings. The van der Waals surface area contributed by atoms with Crippen molar-refractivity contribution in [2.45, 2.75) is 13.3 Å². The minimum Gasteiger partial charge on any atom is -0.310 e. The number of thiazole rings is 1. The van der Waals surface area contributed by atoms with Gasteiger partial charge in [0.2, 0.25) is 5.91 Å². The van der Waals surface area contributed by atoms with Gasteiger partial charge in [-0.1, -0.05) is 54.6 Å². The van der Waals surface area contributed by atoms with E-state index in [9.17, 15) is 4.79 Å². The number of aromatic nitrogens is 2. The van der Waals surface area contributed by atoms with E-state index in [4.69, 9.17) is 0 Å². The molecule has 1 amide bonds. The monoisotopic (exact) mass is 347 g/mol. The molecule has 0 unspecified atom stereocenters. The fourth-order valence-corrected chi connectivity index (χ4v) is 3.57. The van der Waals surface area contributed by atoms with Crippen LogP contribution in [-0.4, -0.2) is 15.3 Å². The molecule has 4 rings (SSSR count). The molecular formula is C20H17N3OS. The van der Waals surface area contributed by atoms with E-state index in [1.165, 1.54) is 0 Å². The standard InChI is InChI=1S/C20H17N3OS/c1-14-7-5-6-10-16(14)13-17(24)21-19-18(15-8-3-2-4-9-15)22-20-23(19)11-12-25-20/h2-12H,13H2,1H3,(H,21,24). The average Bonchev–Trinajstić information content (AvgIpc) is 3.20. The first kappa shape index (κ1) is 15.6. The van der Waals surface area contributed by atoms with Gasteiger partial charge in [0.15, 0.2) is 4.96 Å². The fraction of sp³-hybridized carbons (Fsp3) is 0.100. The molecule has 0 atom stereocenters. The number of rotatable bonds is 4. The van der Waals surface area contributed by atoms with Crippen LogP contribution >= 0.6 is 11.3 Å². The molecule has 2 aromatic carbocycles. The molecule has 0 saturated heterocycles. The molecule has 124 valence electrons. The number of hydrogen-bond donors (Lipinski definition) is 1. The van der Waals surface area contributed by atoms with Gasteiger partial charge in [-0.05, 0) is 18.1 Å². The second kappa shape index (κ2) is 6.53. The SMILES string of the molecule is Cc1ccccc1CC(=O)Nc1c(-c2ccccc2)nc2sccn12. The van der Waals surface area contributed by atoms with Crippen LogP contribution < -0.4 is 5.32 Å². The molecule has 0 radical (unpaired) electrons. The van der Waals surface area contributed by atoms with Crippen molar-refractivity contribution in [1.29, 1.82) is 0 Å². The Balaban J connectivity index is 1.68. The van der Waals surface area contributed by atoms with Crippen molar-refractivity contribution < 1.29 is 4.79 Å². The third kappa shape index (κ3) is 3.06. The van der Waals surface area contributed by atoms with Gasteiger partial charge < -0.3 is 5.32 Å². The molecular weight excluding hydrogens is 330 g/mol. The molecule has 0 bridgehead atoms. The first-order chi connectivity index (χ1) is 12.2. The summed E-state index contributed by atoms with van der Waals surface area (Å²) in [6.07, 6.45) is 2.28. The van der Waals surface area contributed by atoms with Gasteiger partial charge in [-0.3, -0.25) is 9.20 Å². The number of imidazole rings is 1. The first-order valence-electron chi connectivity index (χ1n) is 8.08. The number of carbonyl (C=O) groups is 1. The summed E-state index contributed by atoms with van der Waals surface area (Å²) >= 11 is 1.55. The molecule has 1 N–H and O–H groups in total. The van der Waals surface area contributed by atoms with Crippen LogP contribution in [0.1, 0.15) is 11.1 Å². The lowest BCUT2D eigenvalue weighted by Gasteiger charge is -2.08. The van der Waals surface area contributed by atoms with Crippen molar-refractivity contribution in [3.63, 3.8) is 0 Å². The normalized spacial score (nSPS) is 10.9. The zero-order chi connectivity index (χ0) is 17.2. The number of nitrogens with zero attached hydrogens (tertiary/aromatic N) is 2. The lowest BCUT2D eigenvalue weighted by Crippen LogP contribution is -2.16. The highest BCUT2D eigenvalue weighted by atomic mass is 32.1. The molecule has 25 heavy (non-hydrogen) atoms. The Kier molecular flexibility index (Phi) is 4.07. The average molecular weight is 347 g/mol. The number of carbonyl (C=O) groups excluding carboxylic acids is 1. The van der Waals surface area contributed by atoms with Crippen molar-refractivity contribution in [2.24, 2.45) is 0 Å². The summed E-state index contributed by atoms with van der Waals surface area (Å²) in [7, 11) is 0. The number of anilines is 1. The van der Waals surface area contributed by atoms with Crippen molar-refractivity contribution in [2.75, 3.05) is 5.32 Å². The van der Waals surface area contributed by atoms with Crippen LogP contribution in [0.3, 0.4) is 0 Å². The molecule has 2 aromatic heterocycles. The summed E-state index contributed by atoms with van der Waals surface area (Å²) in [5.41, 5.74) is 3.94. The minimum atomic E-state index is -0.0421. The van der Waals surface area contributed by atoms with E-state index in [0.29, 0.717) is 6.42 Å². The summed E-state index contributed by atoms with van der Waals surface area (Å²) in [5, 5.41) is 5.03. The molecule has 4 nitrogen and oxygen atoms in total. The third-order valence-corrected chi connectivity index (χ3v) is 4.94. The topological polar surface area (TPSA) is 46.4 Å². The Bertz CT molecular complexity index is 1030. The smallest absolute Gasteiger partial charge is 0.229 e. The van der Waals surface area contributed by atoms with Crippen LogP contribution in [0.25, 0.3) is 16.2 Å². The highest BCUT2D eigenvalue weighted by Gasteiger charge is 2.17. The van der Waals surface area contributed by atoms with Crippen LogP contribution in [0.4, 0.5) is 5.82 Å². The van der Waals surface area contributed by atoms with E-state index < -0.39 is 0 Å². The largest absolute Gasteiger partial charge is 0.310 e. The first-order valence-corrected chi connectivity index (χ1v) is 8.95. The quantitative estimate of drug-likeness (QED) is 0.588. The van der Waals surface area contributed by atoms with Crippen molar-refractivity contribution in [3.05, 3.63) is 77.3 Å². The summed E-state index contributed by atoms with van der Waals surface area (Å²) in [5.74, 6) is 0.681. The number of benzene rings is 2. The molecule has 0 aliphatic carbocycles. The maximum atomic E-state index is 12.6. The highest BCUT2D eigenvalue weighted by molar-refractivity contribution is 7.15. The van der Waals surface area contributed by atoms with Crippen molar-refractivity contribution in [3.8, 4) is 11.3 Å². The van der Waals surface area contributed by atoms with Crippen molar-refractivity contribution >= 4 is 28.0 Å². The van der Waals surface area contributed by atoms with Crippen LogP contribution in [0.5, 0.6) is 0 Å². The summed E-state index contributed by atoms with van der Waals surface area (Å²) < 4.78 is 1.93. The Morgan fingerprint density at radius 1 is 1.12 bits per heavy atom. The molecule has 0 saturated carbocycles. The van der Waals surface area contributed by atoms with E-state index in [-0.39, 0.29) is 5.91 Å². The van der Waals surface area contributed by atoms with E-state index >= 15 is 0 Å². The maximum Gasteiger partial charge on any atom is 0.229 e. The molecule has 0 spiro atoms. The molecule has 2 heterocycles. The Morgan fingerprint density at radius 3 is 2.68 bits per heavy atom. The van der Waals surface area contributed by atoms with E-state index in [0.717, 1.165) is 33.2 Å². The lowest BCUT2D eigenvalue weighted by molar-refractivity contribution is -0.115. The summed E-state index contributed by atoms with van der Waals surface area (Å²) in [6, 6.07) is 17.9. The molecule has 5 heteroatoms. The number of nitrogens with one attached hydrogen (secondary N) is 1. The van der Waals surface area contributed by atoms with E-state index in [2.05, 4.69) is 10.3 Å². The fourth-order valence-electron chi connectivity index (χ4n) is 2.86. The second-order valence-electron chi connectivity index (χ2n) is 5.88. The maximum absolute atomic E-state index is 12.6. The Hall–Kier alpha value is -2.92. The van der Waals surface area contributed by atoms with E-state index in [1.54, 1.807) is 11.3 Å². The second-order valence-corrected chi connectivity index (χ2v) is 6.76. The van der Waals surface area contributed by atoms with Gasteiger partial charge in [0, 0.05) is 17.1 Å². The number of fused-ring (bicyclic) bond motifs is 1. The van der Waals surface area contributed by atoms with Crippen molar-refractivity contribution in [1.82, 2.24) is 9.38 Å². The lowest BCUT2D eigenvalue weighted by atomic mass is 10.1. The Morgan fingerprint density at radius 2 is 1.88 bits per heavy atom. The van der Waals surface area contributed by atoms with Gasteiger partial charge in [0.05, 0.1) is 6.42 Å². The van der Waals surface area contributed by atoms with E-state index in [1.807, 2.05) is 77.5 Å². The number of aryl methyl sites for hydroxylation is 1. The highest BCUT2D eigenvalue weighted by Crippen LogP contribution is 2.30. The van der Waals surface area contributed by atoms with Gasteiger partial charge in [0.1, 0.15) is 11.5 Å². The molecule has 0 aliphatic heterocycles. The predicted octanol–water partition coefficient (Wildman–Crippen LogP) is 4.55. The summed E-state index contributed by atoms with van der Waals surface area (Å²) in [6.45, 7) is 2.02.